The molecule has 92 valence electrons. The summed E-state index contributed by atoms with van der Waals surface area (Å²) in [6, 6.07) is 0. The van der Waals surface area contributed by atoms with Gasteiger partial charge in [0.2, 0.25) is 5.91 Å². The predicted octanol–water partition coefficient (Wildman–Crippen LogP) is 0.827. The van der Waals surface area contributed by atoms with E-state index in [-0.39, 0.29) is 12.1 Å². The van der Waals surface area contributed by atoms with E-state index in [1.807, 2.05) is 4.90 Å². The van der Waals surface area contributed by atoms with Crippen LogP contribution >= 0.6 is 0 Å². The van der Waals surface area contributed by atoms with Crippen LogP contribution < -0.4 is 5.32 Å². The van der Waals surface area contributed by atoms with Crippen molar-refractivity contribution in [1.82, 2.24) is 10.2 Å². The van der Waals surface area contributed by atoms with Gasteiger partial charge in [-0.15, -0.1) is 0 Å². The van der Waals surface area contributed by atoms with E-state index in [4.69, 9.17) is 4.74 Å². The van der Waals surface area contributed by atoms with Crippen LogP contribution in [0.5, 0.6) is 0 Å². The third kappa shape index (κ3) is 2.74. The van der Waals surface area contributed by atoms with Gasteiger partial charge in [-0.05, 0) is 18.8 Å². The van der Waals surface area contributed by atoms with Gasteiger partial charge in [0, 0.05) is 19.1 Å². The molecule has 2 saturated heterocycles. The molecule has 0 spiro atoms. The Kier molecular flexibility index (Phi) is 3.82. The quantitative estimate of drug-likeness (QED) is 0.772. The molecular weight excluding hydrogens is 204 g/mol. The zero-order chi connectivity index (χ0) is 11.5. The maximum atomic E-state index is 11.8. The van der Waals surface area contributed by atoms with Crippen molar-refractivity contribution < 1.29 is 9.53 Å². The molecule has 1 N–H and O–H groups in total. The first-order valence-corrected chi connectivity index (χ1v) is 6.27. The average molecular weight is 226 g/mol. The number of hydrogen-bond donors (Lipinski definition) is 1. The van der Waals surface area contributed by atoms with Crippen LogP contribution in [0, 0.1) is 11.8 Å². The molecule has 16 heavy (non-hydrogen) atoms. The van der Waals surface area contributed by atoms with E-state index < -0.39 is 0 Å². The molecule has 2 atom stereocenters. The monoisotopic (exact) mass is 226 g/mol. The molecule has 2 unspecified atom stereocenters. The highest BCUT2D eigenvalue weighted by Gasteiger charge is 2.33. The summed E-state index contributed by atoms with van der Waals surface area (Å²) in [5.41, 5.74) is 0. The van der Waals surface area contributed by atoms with Gasteiger partial charge in [0.1, 0.15) is 0 Å². The van der Waals surface area contributed by atoms with Crippen molar-refractivity contribution in [2.45, 2.75) is 32.9 Å². The Morgan fingerprint density at radius 3 is 3.00 bits per heavy atom. The Hall–Kier alpha value is -0.610. The molecule has 0 aliphatic carbocycles. The first-order chi connectivity index (χ1) is 7.66. The molecule has 2 aliphatic rings. The Morgan fingerprint density at radius 1 is 1.56 bits per heavy atom. The molecule has 2 fully saturated rings. The molecule has 1 amide bonds. The van der Waals surface area contributed by atoms with Crippen molar-refractivity contribution in [3.05, 3.63) is 0 Å². The van der Waals surface area contributed by atoms with Crippen molar-refractivity contribution in [3.63, 3.8) is 0 Å². The minimum absolute atomic E-state index is 0.244. The highest BCUT2D eigenvalue weighted by atomic mass is 16.5. The summed E-state index contributed by atoms with van der Waals surface area (Å²) in [7, 11) is 0. The van der Waals surface area contributed by atoms with Gasteiger partial charge in [-0.2, -0.15) is 0 Å². The van der Waals surface area contributed by atoms with Crippen LogP contribution in [-0.4, -0.2) is 43.3 Å². The van der Waals surface area contributed by atoms with Crippen LogP contribution in [-0.2, 0) is 9.53 Å². The van der Waals surface area contributed by atoms with Crippen LogP contribution in [0.15, 0.2) is 0 Å². The fourth-order valence-electron chi connectivity index (χ4n) is 2.48. The lowest BCUT2D eigenvalue weighted by Gasteiger charge is -2.27. The number of rotatable bonds is 4. The second kappa shape index (κ2) is 5.15. The lowest BCUT2D eigenvalue weighted by Crippen LogP contribution is -2.41. The van der Waals surface area contributed by atoms with E-state index in [0.717, 1.165) is 32.6 Å². The summed E-state index contributed by atoms with van der Waals surface area (Å²) in [6.07, 6.45) is 2.38. The second-order valence-corrected chi connectivity index (χ2v) is 5.30. The van der Waals surface area contributed by atoms with E-state index in [9.17, 15) is 4.79 Å². The van der Waals surface area contributed by atoms with Crippen molar-refractivity contribution in [2.24, 2.45) is 11.8 Å². The number of carbonyl (C=O) groups is 1. The van der Waals surface area contributed by atoms with Gasteiger partial charge in [-0.1, -0.05) is 13.8 Å². The van der Waals surface area contributed by atoms with Crippen LogP contribution in [0.4, 0.5) is 0 Å². The molecule has 4 heteroatoms. The topological polar surface area (TPSA) is 41.6 Å². The summed E-state index contributed by atoms with van der Waals surface area (Å²) < 4.78 is 5.36. The van der Waals surface area contributed by atoms with Gasteiger partial charge < -0.3 is 9.64 Å². The minimum atomic E-state index is 0.244. The molecule has 2 rings (SSSR count). The normalized spacial score (nSPS) is 30.7. The molecule has 4 nitrogen and oxygen atoms in total. The van der Waals surface area contributed by atoms with Gasteiger partial charge >= 0.3 is 0 Å². The molecule has 0 aromatic heterocycles. The molecule has 2 aliphatic heterocycles. The zero-order valence-electron chi connectivity index (χ0n) is 10.2. The highest BCUT2D eigenvalue weighted by molar-refractivity contribution is 5.80. The van der Waals surface area contributed by atoms with E-state index in [1.54, 1.807) is 0 Å². The Bertz CT molecular complexity index is 249. The summed E-state index contributed by atoms with van der Waals surface area (Å²) in [4.78, 5) is 13.8. The first-order valence-electron chi connectivity index (χ1n) is 6.27. The van der Waals surface area contributed by atoms with Gasteiger partial charge in [0.25, 0.3) is 0 Å². The number of nitrogens with one attached hydrogen (secondary N) is 1. The third-order valence-electron chi connectivity index (χ3n) is 3.36. The van der Waals surface area contributed by atoms with E-state index in [2.05, 4.69) is 19.2 Å². The molecular formula is C12H22N2O2. The lowest BCUT2D eigenvalue weighted by atomic mass is 10.1. The van der Waals surface area contributed by atoms with Crippen LogP contribution in [0.25, 0.3) is 0 Å². The molecule has 0 aromatic carbocycles. The Labute approximate surface area is 97.3 Å². The van der Waals surface area contributed by atoms with Crippen LogP contribution in [0.1, 0.15) is 26.7 Å². The van der Waals surface area contributed by atoms with Crippen molar-refractivity contribution in [3.8, 4) is 0 Å². The lowest BCUT2D eigenvalue weighted by molar-refractivity contribution is -0.128. The zero-order valence-corrected chi connectivity index (χ0v) is 10.2. The summed E-state index contributed by atoms with van der Waals surface area (Å²) >= 11 is 0. The van der Waals surface area contributed by atoms with Crippen LogP contribution in [0.3, 0.4) is 0 Å². The summed E-state index contributed by atoms with van der Waals surface area (Å²) in [6.45, 7) is 7.43. The van der Waals surface area contributed by atoms with Gasteiger partial charge in [0.05, 0.1) is 19.3 Å². The fourth-order valence-corrected chi connectivity index (χ4v) is 2.48. The van der Waals surface area contributed by atoms with Crippen LogP contribution in [0.2, 0.25) is 0 Å². The van der Waals surface area contributed by atoms with Crippen molar-refractivity contribution >= 4 is 5.91 Å². The standard InChI is InChI=1S/C12H22N2O2/c1-9(2)5-11-13-6-12(15)14(11)7-10-3-4-16-8-10/h9-11,13H,3-8H2,1-2H3. The van der Waals surface area contributed by atoms with E-state index in [0.29, 0.717) is 18.4 Å². The molecule has 0 saturated carbocycles. The minimum Gasteiger partial charge on any atom is -0.381 e. The molecule has 0 bridgehead atoms. The molecule has 0 aromatic rings. The highest BCUT2D eigenvalue weighted by Crippen LogP contribution is 2.19. The Balaban J connectivity index is 1.90. The SMILES string of the molecule is CC(C)CC1NCC(=O)N1CC1CCOC1. The molecule has 0 radical (unpaired) electrons. The number of nitrogens with zero attached hydrogens (tertiary/aromatic N) is 1. The smallest absolute Gasteiger partial charge is 0.237 e. The largest absolute Gasteiger partial charge is 0.381 e. The summed E-state index contributed by atoms with van der Waals surface area (Å²) in [5.74, 6) is 1.40. The van der Waals surface area contributed by atoms with Gasteiger partial charge in [-0.3, -0.25) is 10.1 Å². The fraction of sp³-hybridized carbons (Fsp3) is 0.917. The van der Waals surface area contributed by atoms with Crippen molar-refractivity contribution in [2.75, 3.05) is 26.3 Å². The van der Waals surface area contributed by atoms with E-state index >= 15 is 0 Å². The Morgan fingerprint density at radius 2 is 2.38 bits per heavy atom. The summed E-state index contributed by atoms with van der Waals surface area (Å²) in [5, 5.41) is 3.30. The number of carbonyl (C=O) groups excluding carboxylic acids is 1. The van der Waals surface area contributed by atoms with Crippen molar-refractivity contribution in [1.29, 1.82) is 0 Å². The average Bonchev–Trinajstić information content (AvgIpc) is 2.82. The van der Waals surface area contributed by atoms with E-state index in [1.165, 1.54) is 0 Å². The predicted molar refractivity (Wildman–Crippen MR) is 61.9 cm³/mol. The molecule has 2 heterocycles. The number of hydrogen-bond acceptors (Lipinski definition) is 3. The third-order valence-corrected chi connectivity index (χ3v) is 3.36. The van der Waals surface area contributed by atoms with Gasteiger partial charge in [-0.25, -0.2) is 0 Å². The maximum absolute atomic E-state index is 11.8. The first kappa shape index (κ1) is 11.9. The maximum Gasteiger partial charge on any atom is 0.237 e. The second-order valence-electron chi connectivity index (χ2n) is 5.30. The number of ether oxygens (including phenoxy) is 1. The van der Waals surface area contributed by atoms with Gasteiger partial charge in [0.15, 0.2) is 0 Å². The number of amides is 1.